The van der Waals surface area contributed by atoms with Gasteiger partial charge in [-0.15, -0.1) is 24.8 Å². The molecule has 1 N–H and O–H groups in total. The van der Waals surface area contributed by atoms with Crippen molar-refractivity contribution in [1.29, 1.82) is 0 Å². The molecule has 0 amide bonds. The molecule has 0 saturated heterocycles. The minimum atomic E-state index is -1.12. The zero-order valence-corrected chi connectivity index (χ0v) is 21.5. The van der Waals surface area contributed by atoms with E-state index in [2.05, 4.69) is 37.5 Å². The van der Waals surface area contributed by atoms with Crippen molar-refractivity contribution in [3.05, 3.63) is 0 Å². The summed E-state index contributed by atoms with van der Waals surface area (Å²) in [7, 11) is 0. The van der Waals surface area contributed by atoms with Gasteiger partial charge in [-0.3, -0.25) is 9.80 Å². The van der Waals surface area contributed by atoms with E-state index in [1.165, 1.54) is 0 Å². The maximum absolute atomic E-state index is 11.6. The predicted molar refractivity (Wildman–Crippen MR) is 131 cm³/mol. The Morgan fingerprint density at radius 1 is 0.833 bits per heavy atom. The Balaban J connectivity index is 0. The normalized spacial score (nSPS) is 18.0. The molecule has 1 aliphatic carbocycles. The highest BCUT2D eigenvalue weighted by molar-refractivity contribution is 5.85. The SMILES string of the molecule is CCCCN(CCCC)C1(N(CCCC)CCCC)CCCCC1OC(=O)O.Cl.Cl. The van der Waals surface area contributed by atoms with Crippen molar-refractivity contribution in [3.8, 4) is 0 Å². The molecule has 1 saturated carbocycles. The Morgan fingerprint density at radius 2 is 1.23 bits per heavy atom. The van der Waals surface area contributed by atoms with E-state index in [0.29, 0.717) is 0 Å². The van der Waals surface area contributed by atoms with Gasteiger partial charge in [-0.25, -0.2) is 4.79 Å². The summed E-state index contributed by atoms with van der Waals surface area (Å²) in [6.07, 6.45) is 12.0. The van der Waals surface area contributed by atoms with E-state index in [-0.39, 0.29) is 36.6 Å². The molecule has 1 unspecified atom stereocenters. The summed E-state index contributed by atoms with van der Waals surface area (Å²) in [5, 5.41) is 9.51. The van der Waals surface area contributed by atoms with Crippen LogP contribution in [0.4, 0.5) is 4.79 Å². The molecule has 0 aromatic heterocycles. The third-order valence-electron chi connectivity index (χ3n) is 6.24. The van der Waals surface area contributed by atoms with Gasteiger partial charge in [0, 0.05) is 26.2 Å². The summed E-state index contributed by atoms with van der Waals surface area (Å²) in [6.45, 7) is 13.1. The van der Waals surface area contributed by atoms with Gasteiger partial charge in [0.15, 0.2) is 0 Å². The van der Waals surface area contributed by atoms with Gasteiger partial charge in [-0.2, -0.15) is 0 Å². The number of rotatable bonds is 15. The molecule has 1 fully saturated rings. The molecule has 182 valence electrons. The van der Waals surface area contributed by atoms with Gasteiger partial charge in [0.1, 0.15) is 11.8 Å². The lowest BCUT2D eigenvalue weighted by atomic mass is 9.82. The van der Waals surface area contributed by atoms with Crippen LogP contribution in [0.3, 0.4) is 0 Å². The Labute approximate surface area is 198 Å². The Kier molecular flexibility index (Phi) is 19.5. The highest BCUT2D eigenvalue weighted by Crippen LogP contribution is 2.40. The molecule has 0 aromatic rings. The minimum absolute atomic E-state index is 0. The Morgan fingerprint density at radius 3 is 1.57 bits per heavy atom. The van der Waals surface area contributed by atoms with Crippen molar-refractivity contribution in [1.82, 2.24) is 9.80 Å². The van der Waals surface area contributed by atoms with Crippen LogP contribution in [-0.2, 0) is 4.74 Å². The van der Waals surface area contributed by atoms with E-state index in [0.717, 1.165) is 103 Å². The molecule has 0 bridgehead atoms. The van der Waals surface area contributed by atoms with Crippen molar-refractivity contribution in [3.63, 3.8) is 0 Å². The summed E-state index contributed by atoms with van der Waals surface area (Å²) in [6, 6.07) is 0. The van der Waals surface area contributed by atoms with Crippen LogP contribution in [0.15, 0.2) is 0 Å². The van der Waals surface area contributed by atoms with E-state index in [1.54, 1.807) is 0 Å². The fourth-order valence-electron chi connectivity index (χ4n) is 4.70. The molecule has 0 aromatic carbocycles. The van der Waals surface area contributed by atoms with Gasteiger partial charge in [0.2, 0.25) is 0 Å². The van der Waals surface area contributed by atoms with Crippen molar-refractivity contribution in [2.45, 2.75) is 117 Å². The van der Waals surface area contributed by atoms with Crippen LogP contribution in [0.25, 0.3) is 0 Å². The Bertz CT molecular complexity index is 391. The van der Waals surface area contributed by atoms with Crippen molar-refractivity contribution < 1.29 is 14.6 Å². The van der Waals surface area contributed by atoms with Gasteiger partial charge in [0.05, 0.1) is 0 Å². The first-order chi connectivity index (χ1) is 13.6. The van der Waals surface area contributed by atoms with Crippen molar-refractivity contribution in [2.75, 3.05) is 26.2 Å². The zero-order valence-electron chi connectivity index (χ0n) is 19.9. The zero-order chi connectivity index (χ0) is 20.8. The molecule has 5 nitrogen and oxygen atoms in total. The van der Waals surface area contributed by atoms with Crippen molar-refractivity contribution in [2.24, 2.45) is 0 Å². The summed E-state index contributed by atoms with van der Waals surface area (Å²) in [5.74, 6) is 0. The van der Waals surface area contributed by atoms with Gasteiger partial charge in [-0.1, -0.05) is 53.4 Å². The van der Waals surface area contributed by atoms with E-state index in [4.69, 9.17) is 4.74 Å². The lowest BCUT2D eigenvalue weighted by molar-refractivity contribution is -0.163. The van der Waals surface area contributed by atoms with Crippen LogP contribution >= 0.6 is 24.8 Å². The van der Waals surface area contributed by atoms with E-state index < -0.39 is 6.16 Å². The summed E-state index contributed by atoms with van der Waals surface area (Å²) in [4.78, 5) is 16.8. The molecule has 1 aliphatic rings. The monoisotopic (exact) mass is 470 g/mol. The maximum atomic E-state index is 11.6. The quantitative estimate of drug-likeness (QED) is 0.207. The molecule has 0 radical (unpaired) electrons. The molecule has 30 heavy (non-hydrogen) atoms. The second-order valence-electron chi connectivity index (χ2n) is 8.39. The average Bonchev–Trinajstić information content (AvgIpc) is 2.69. The van der Waals surface area contributed by atoms with Gasteiger partial charge in [-0.05, 0) is 51.4 Å². The highest BCUT2D eigenvalue weighted by atomic mass is 35.5. The minimum Gasteiger partial charge on any atom is -0.450 e. The fraction of sp³-hybridized carbons (Fsp3) is 0.957. The highest BCUT2D eigenvalue weighted by Gasteiger charge is 2.51. The van der Waals surface area contributed by atoms with Gasteiger partial charge < -0.3 is 9.84 Å². The van der Waals surface area contributed by atoms with Crippen LogP contribution < -0.4 is 0 Å². The largest absolute Gasteiger partial charge is 0.506 e. The van der Waals surface area contributed by atoms with E-state index in [1.807, 2.05) is 0 Å². The third-order valence-corrected chi connectivity index (χ3v) is 6.24. The first kappa shape index (κ1) is 32.0. The standard InChI is InChI=1S/C23H46N2O3.2ClH/c1-5-9-17-24(18-10-6-2)23(25(19-11-7-3)20-12-8-4)16-14-13-15-21(23)28-22(26)27;;/h21H,5-20H2,1-4H3,(H,26,27);2*1H. The first-order valence-corrected chi connectivity index (χ1v) is 12.0. The van der Waals surface area contributed by atoms with Crippen LogP contribution in [0.1, 0.15) is 105 Å². The molecule has 0 heterocycles. The third kappa shape index (κ3) is 9.50. The predicted octanol–water partition coefficient (Wildman–Crippen LogP) is 6.97. The summed E-state index contributed by atoms with van der Waals surface area (Å²) < 4.78 is 5.62. The molecule has 1 rings (SSSR count). The van der Waals surface area contributed by atoms with Crippen LogP contribution in [0, 0.1) is 0 Å². The van der Waals surface area contributed by atoms with Crippen LogP contribution in [0.2, 0.25) is 0 Å². The lowest BCUT2D eigenvalue weighted by Gasteiger charge is -2.56. The number of unbranched alkanes of at least 4 members (excludes halogenated alkanes) is 4. The molecule has 0 aliphatic heterocycles. The molecule has 7 heteroatoms. The second-order valence-corrected chi connectivity index (χ2v) is 8.39. The second kappa shape index (κ2) is 18.4. The number of ether oxygens (including phenoxy) is 1. The lowest BCUT2D eigenvalue weighted by Crippen LogP contribution is -2.69. The number of carboxylic acid groups (broad SMARTS) is 1. The topological polar surface area (TPSA) is 53.0 Å². The van der Waals surface area contributed by atoms with E-state index >= 15 is 0 Å². The first-order valence-electron chi connectivity index (χ1n) is 12.0. The smallest absolute Gasteiger partial charge is 0.450 e. The summed E-state index contributed by atoms with van der Waals surface area (Å²) in [5.41, 5.74) is -0.273. The van der Waals surface area contributed by atoms with Crippen LogP contribution in [0.5, 0.6) is 0 Å². The number of nitrogens with zero attached hydrogens (tertiary/aromatic N) is 2. The van der Waals surface area contributed by atoms with E-state index in [9.17, 15) is 9.90 Å². The van der Waals surface area contributed by atoms with Crippen LogP contribution in [-0.4, -0.2) is 59.0 Å². The molecular weight excluding hydrogens is 423 g/mol. The van der Waals surface area contributed by atoms with Gasteiger partial charge in [0.25, 0.3) is 0 Å². The maximum Gasteiger partial charge on any atom is 0.506 e. The number of hydrogen-bond acceptors (Lipinski definition) is 4. The Hall–Kier alpha value is -0.230. The van der Waals surface area contributed by atoms with Crippen molar-refractivity contribution >= 4 is 31.0 Å². The number of hydrogen-bond donors (Lipinski definition) is 1. The molecule has 1 atom stereocenters. The molecule has 0 spiro atoms. The van der Waals surface area contributed by atoms with Gasteiger partial charge >= 0.3 is 6.16 Å². The summed E-state index contributed by atoms with van der Waals surface area (Å²) >= 11 is 0. The fourth-order valence-corrected chi connectivity index (χ4v) is 4.70. The number of halogens is 2. The average molecular weight is 472 g/mol. The number of carbonyl (C=O) groups is 1. The molecular formula is C23H48Cl2N2O3.